The van der Waals surface area contributed by atoms with Crippen molar-refractivity contribution in [2.45, 2.75) is 37.3 Å². The van der Waals surface area contributed by atoms with Crippen molar-refractivity contribution in [2.75, 3.05) is 0 Å². The van der Waals surface area contributed by atoms with E-state index < -0.39 is 36.0 Å². The van der Waals surface area contributed by atoms with Gasteiger partial charge in [-0.3, -0.25) is 9.59 Å². The fourth-order valence-electron chi connectivity index (χ4n) is 2.58. The summed E-state index contributed by atoms with van der Waals surface area (Å²) in [7, 11) is 0. The largest absolute Gasteiger partial charge is 0.390 e. The number of ketones is 2. The summed E-state index contributed by atoms with van der Waals surface area (Å²) in [4.78, 5) is 24.1. The van der Waals surface area contributed by atoms with Crippen molar-refractivity contribution in [3.8, 4) is 0 Å². The Hall–Kier alpha value is -2.09. The first kappa shape index (κ1) is 21.2. The van der Waals surface area contributed by atoms with Gasteiger partial charge in [-0.05, 0) is 23.3 Å². The second-order valence-corrected chi connectivity index (χ2v) is 6.71. The number of Topliss-reactive ketones (excluding diaryl/α,β-unsaturated/α-hetero) is 2. The molecule has 0 fully saturated rings. The van der Waals surface area contributed by atoms with Crippen molar-refractivity contribution in [1.82, 2.24) is 0 Å². The fourth-order valence-corrected chi connectivity index (χ4v) is 2.71. The number of hydrogen-bond acceptors (Lipinski definition) is 6. The predicted molar refractivity (Wildman–Crippen MR) is 99.3 cm³/mol. The molecule has 2 unspecified atom stereocenters. The number of aliphatic hydroxyl groups is 4. The zero-order valence-corrected chi connectivity index (χ0v) is 15.2. The van der Waals surface area contributed by atoms with Crippen molar-refractivity contribution in [1.29, 1.82) is 0 Å². The molecule has 0 aliphatic heterocycles. The summed E-state index contributed by atoms with van der Waals surface area (Å²) < 4.78 is 0. The highest BCUT2D eigenvalue weighted by molar-refractivity contribution is 6.40. The van der Waals surface area contributed by atoms with E-state index in [-0.39, 0.29) is 12.8 Å². The Balaban J connectivity index is 1.95. The summed E-state index contributed by atoms with van der Waals surface area (Å²) in [6.07, 6.45) is -7.17. The molecule has 6 nitrogen and oxygen atoms in total. The van der Waals surface area contributed by atoms with Crippen LogP contribution < -0.4 is 0 Å². The van der Waals surface area contributed by atoms with E-state index in [1.807, 2.05) is 0 Å². The number of halogens is 1. The van der Waals surface area contributed by atoms with Crippen LogP contribution >= 0.6 is 11.6 Å². The van der Waals surface area contributed by atoms with Gasteiger partial charge < -0.3 is 20.4 Å². The van der Waals surface area contributed by atoms with Crippen LogP contribution in [0.1, 0.15) is 11.1 Å². The van der Waals surface area contributed by atoms with Crippen molar-refractivity contribution in [3.63, 3.8) is 0 Å². The van der Waals surface area contributed by atoms with Gasteiger partial charge in [0.15, 0.2) is 0 Å². The Kier molecular flexibility index (Phi) is 7.65. The van der Waals surface area contributed by atoms with Gasteiger partial charge in [-0.2, -0.15) is 0 Å². The number of aliphatic hydroxyl groups excluding tert-OH is 4. The van der Waals surface area contributed by atoms with Gasteiger partial charge in [-0.1, -0.05) is 54.1 Å². The third kappa shape index (κ3) is 5.95. The zero-order chi connectivity index (χ0) is 20.0. The minimum Gasteiger partial charge on any atom is -0.390 e. The van der Waals surface area contributed by atoms with E-state index in [0.717, 1.165) is 0 Å². The molecule has 0 aliphatic rings. The van der Waals surface area contributed by atoms with Crippen LogP contribution in [-0.2, 0) is 22.4 Å². The molecule has 0 bridgehead atoms. The number of benzene rings is 2. The molecule has 0 heterocycles. The maximum absolute atomic E-state index is 12.1. The lowest BCUT2D eigenvalue weighted by molar-refractivity contribution is -0.152. The normalized spacial score (nSPS) is 15.6. The number of carbonyl (C=O) groups is 2. The topological polar surface area (TPSA) is 115 Å². The fraction of sp³-hybridized carbons (Fsp3) is 0.300. The standard InChI is InChI=1S/C20H21ClO6/c21-14-8-6-13(7-9-14)11-16(23)18(25)20(27)19(26)17(24)15(22)10-12-4-2-1-3-5-12/h1-9,15-18,22-25H,10-11H2/t15?,16?,17-,18+/m1/s1. The molecule has 0 saturated carbocycles. The average Bonchev–Trinajstić information content (AvgIpc) is 2.68. The minimum atomic E-state index is -2.01. The Bertz CT molecular complexity index is 762. The van der Waals surface area contributed by atoms with Gasteiger partial charge in [0.25, 0.3) is 0 Å². The van der Waals surface area contributed by atoms with E-state index in [1.54, 1.807) is 54.6 Å². The Morgan fingerprint density at radius 3 is 1.56 bits per heavy atom. The number of carbonyl (C=O) groups excluding carboxylic acids is 2. The van der Waals surface area contributed by atoms with E-state index in [2.05, 4.69) is 0 Å². The summed E-state index contributed by atoms with van der Waals surface area (Å²) in [5.41, 5.74) is 1.28. The molecule has 0 saturated heterocycles. The lowest BCUT2D eigenvalue weighted by atomic mass is 9.94. The predicted octanol–water partition coefficient (Wildman–Crippen LogP) is 0.707. The van der Waals surface area contributed by atoms with E-state index in [1.165, 1.54) is 0 Å². The SMILES string of the molecule is O=C(C(=O)[C@H](O)C(O)Cc1ccccc1)[C@@H](O)C(O)Cc1ccc(Cl)cc1. The van der Waals surface area contributed by atoms with Crippen LogP contribution in [0.5, 0.6) is 0 Å². The van der Waals surface area contributed by atoms with Gasteiger partial charge in [-0.25, -0.2) is 0 Å². The molecule has 2 rings (SSSR count). The summed E-state index contributed by atoms with van der Waals surface area (Å²) in [6, 6.07) is 15.1. The van der Waals surface area contributed by atoms with Gasteiger partial charge in [0.05, 0.1) is 12.2 Å². The van der Waals surface area contributed by atoms with Crippen molar-refractivity contribution in [2.24, 2.45) is 0 Å². The third-order valence-corrected chi connectivity index (χ3v) is 4.41. The average molecular weight is 393 g/mol. The van der Waals surface area contributed by atoms with Crippen LogP contribution in [0.4, 0.5) is 0 Å². The van der Waals surface area contributed by atoms with E-state index in [9.17, 15) is 30.0 Å². The molecule has 27 heavy (non-hydrogen) atoms. The highest BCUT2D eigenvalue weighted by Gasteiger charge is 2.36. The first-order valence-corrected chi connectivity index (χ1v) is 8.76. The van der Waals surface area contributed by atoms with Gasteiger partial charge in [0.1, 0.15) is 12.2 Å². The summed E-state index contributed by atoms with van der Waals surface area (Å²) >= 11 is 5.76. The molecule has 4 atom stereocenters. The van der Waals surface area contributed by atoms with Crippen LogP contribution in [-0.4, -0.2) is 56.4 Å². The molecule has 7 heteroatoms. The van der Waals surface area contributed by atoms with Gasteiger partial charge >= 0.3 is 0 Å². The Morgan fingerprint density at radius 2 is 1.11 bits per heavy atom. The third-order valence-electron chi connectivity index (χ3n) is 4.15. The van der Waals surface area contributed by atoms with Crippen LogP contribution in [0, 0.1) is 0 Å². The van der Waals surface area contributed by atoms with Crippen molar-refractivity contribution >= 4 is 23.2 Å². The van der Waals surface area contributed by atoms with E-state index in [0.29, 0.717) is 16.1 Å². The molecule has 144 valence electrons. The monoisotopic (exact) mass is 392 g/mol. The van der Waals surface area contributed by atoms with Crippen LogP contribution in [0.2, 0.25) is 5.02 Å². The molecular formula is C20H21ClO6. The van der Waals surface area contributed by atoms with Gasteiger partial charge in [0, 0.05) is 17.9 Å². The summed E-state index contributed by atoms with van der Waals surface area (Å²) in [6.45, 7) is 0. The molecule has 0 aromatic heterocycles. The van der Waals surface area contributed by atoms with Crippen molar-refractivity contribution < 1.29 is 30.0 Å². The molecule has 2 aromatic rings. The molecule has 2 aromatic carbocycles. The molecule has 0 spiro atoms. The zero-order valence-electron chi connectivity index (χ0n) is 14.4. The quantitative estimate of drug-likeness (QED) is 0.467. The summed E-state index contributed by atoms with van der Waals surface area (Å²) in [5, 5.41) is 40.4. The molecule has 4 N–H and O–H groups in total. The van der Waals surface area contributed by atoms with Crippen LogP contribution in [0.15, 0.2) is 54.6 Å². The van der Waals surface area contributed by atoms with E-state index in [4.69, 9.17) is 11.6 Å². The Morgan fingerprint density at radius 1 is 0.704 bits per heavy atom. The Labute approximate surface area is 161 Å². The maximum Gasteiger partial charge on any atom is 0.232 e. The van der Waals surface area contributed by atoms with Gasteiger partial charge in [0.2, 0.25) is 11.6 Å². The molecule has 0 radical (unpaired) electrons. The molecule has 0 amide bonds. The van der Waals surface area contributed by atoms with Crippen molar-refractivity contribution in [3.05, 3.63) is 70.7 Å². The maximum atomic E-state index is 12.1. The second kappa shape index (κ2) is 9.73. The second-order valence-electron chi connectivity index (χ2n) is 6.27. The lowest BCUT2D eigenvalue weighted by Gasteiger charge is -2.20. The number of hydrogen-bond donors (Lipinski definition) is 4. The van der Waals surface area contributed by atoms with Crippen LogP contribution in [0.3, 0.4) is 0 Å². The first-order valence-electron chi connectivity index (χ1n) is 8.38. The molecule has 0 aliphatic carbocycles. The molecular weight excluding hydrogens is 372 g/mol. The summed E-state index contributed by atoms with van der Waals surface area (Å²) in [5.74, 6) is -2.70. The number of rotatable bonds is 9. The lowest BCUT2D eigenvalue weighted by Crippen LogP contribution is -2.47. The highest BCUT2D eigenvalue weighted by atomic mass is 35.5. The van der Waals surface area contributed by atoms with Crippen LogP contribution in [0.25, 0.3) is 0 Å². The van der Waals surface area contributed by atoms with E-state index >= 15 is 0 Å². The first-order chi connectivity index (χ1) is 12.8. The minimum absolute atomic E-state index is 0.0373. The highest BCUT2D eigenvalue weighted by Crippen LogP contribution is 2.14. The smallest absolute Gasteiger partial charge is 0.232 e. The van der Waals surface area contributed by atoms with Gasteiger partial charge in [-0.15, -0.1) is 0 Å².